The Hall–Kier alpha value is -3.22. The number of nitrogens with zero attached hydrogens (tertiary/aromatic N) is 3. The number of ketones is 1. The Balaban J connectivity index is 0.000000356. The second-order valence-corrected chi connectivity index (χ2v) is 5.22. The van der Waals surface area contributed by atoms with Crippen molar-refractivity contribution in [3.05, 3.63) is 70.8 Å². The van der Waals surface area contributed by atoms with Crippen LogP contribution in [0, 0.1) is 16.3 Å². The minimum absolute atomic E-state index is 0.00333. The van der Waals surface area contributed by atoms with Crippen molar-refractivity contribution in [1.82, 2.24) is 0 Å². The van der Waals surface area contributed by atoms with Gasteiger partial charge in [-0.1, -0.05) is 36.4 Å². The van der Waals surface area contributed by atoms with Crippen LogP contribution < -0.4 is 0 Å². The second-order valence-electron chi connectivity index (χ2n) is 4.33. The number of rotatable bonds is 0. The highest BCUT2D eigenvalue weighted by Crippen LogP contribution is 2.26. The number of fused-ring (bicyclic) bond motifs is 2. The van der Waals surface area contributed by atoms with E-state index < -0.39 is 10.4 Å². The van der Waals surface area contributed by atoms with E-state index >= 15 is 0 Å². The first-order valence-corrected chi connectivity index (χ1v) is 7.60. The maximum absolute atomic E-state index is 12.3. The summed E-state index contributed by atoms with van der Waals surface area (Å²) in [4.78, 5) is 15.8. The molecule has 10 heteroatoms. The molecule has 9 nitrogen and oxygen atoms in total. The average Bonchev–Trinajstić information content (AvgIpc) is 2.56. The van der Waals surface area contributed by atoms with Crippen molar-refractivity contribution in [2.45, 2.75) is 0 Å². The minimum atomic E-state index is -4.67. The molecule has 122 valence electrons. The summed E-state index contributed by atoms with van der Waals surface area (Å²) in [6.45, 7) is 0. The summed E-state index contributed by atoms with van der Waals surface area (Å²) in [5.74, 6) is 0.00333. The van der Waals surface area contributed by atoms with Gasteiger partial charge >= 0.3 is 16.1 Å². The lowest BCUT2D eigenvalue weighted by Crippen LogP contribution is -2.21. The maximum atomic E-state index is 12.3. The summed E-state index contributed by atoms with van der Waals surface area (Å²) in [5, 5.41) is 12.0. The fourth-order valence-electron chi connectivity index (χ4n) is 2.19. The van der Waals surface area contributed by atoms with E-state index in [-0.39, 0.29) is 5.78 Å². The van der Waals surface area contributed by atoms with Gasteiger partial charge in [0.25, 0.3) is 0 Å². The highest BCUT2D eigenvalue weighted by molar-refractivity contribution is 7.79. The molecule has 0 bridgehead atoms. The van der Waals surface area contributed by atoms with Gasteiger partial charge in [0.15, 0.2) is 5.78 Å². The number of hydrogen-bond donors (Lipinski definition) is 3. The van der Waals surface area contributed by atoms with Crippen LogP contribution in [0.3, 0.4) is 0 Å². The van der Waals surface area contributed by atoms with E-state index in [1.165, 1.54) is 0 Å². The summed E-state index contributed by atoms with van der Waals surface area (Å²) < 4.78 is 31.6. The standard InChI is InChI=1S/C14H9N2O.N2.H2O4S/c15-16-13-9-5-1-3-7-11(9)14(17)12-8-4-2-6-10(12)13;1-2;1-5(2,3)4/h1-8,15H;;(H2,1,2,3,4)/q+1;;. The molecule has 3 N–H and O–H groups in total. The fraction of sp³-hybridized carbons (Fsp3) is 0. The molecule has 24 heavy (non-hydrogen) atoms. The Bertz CT molecular complexity index is 887. The quantitative estimate of drug-likeness (QED) is 0.239. The molecular formula is C14H11N4O5S+. The maximum Gasteiger partial charge on any atom is 0.394 e. The van der Waals surface area contributed by atoms with Gasteiger partial charge in [-0.3, -0.25) is 13.9 Å². The minimum Gasteiger partial charge on any atom is -0.289 e. The van der Waals surface area contributed by atoms with E-state index in [1.54, 1.807) is 12.1 Å². The summed E-state index contributed by atoms with van der Waals surface area (Å²) in [6, 6.07) is 14.6. The van der Waals surface area contributed by atoms with Gasteiger partial charge in [0.05, 0.1) is 21.4 Å². The smallest absolute Gasteiger partial charge is 0.289 e. The van der Waals surface area contributed by atoms with Crippen LogP contribution in [0.5, 0.6) is 0 Å². The van der Waals surface area contributed by atoms with Crippen LogP contribution in [0.2, 0.25) is 0 Å². The lowest BCUT2D eigenvalue weighted by atomic mass is 9.84. The highest BCUT2D eigenvalue weighted by Gasteiger charge is 2.33. The third-order valence-electron chi connectivity index (χ3n) is 2.97. The molecule has 0 fully saturated rings. The molecule has 2 aromatic carbocycles. The van der Waals surface area contributed by atoms with Gasteiger partial charge in [-0.05, 0) is 12.1 Å². The SMILES string of the molecule is N#N.N=[N+]=C1c2ccccc2C(=O)c2ccccc21.O=S(=O)(O)O. The summed E-state index contributed by atoms with van der Waals surface area (Å²) >= 11 is 0. The fourth-order valence-corrected chi connectivity index (χ4v) is 2.19. The zero-order valence-electron chi connectivity index (χ0n) is 12.0. The van der Waals surface area contributed by atoms with Crippen molar-refractivity contribution < 1.29 is 27.1 Å². The molecule has 1 aliphatic carbocycles. The summed E-state index contributed by atoms with van der Waals surface area (Å²) in [7, 11) is -4.67. The van der Waals surface area contributed by atoms with E-state index in [1.807, 2.05) is 36.4 Å². The topological polar surface area (TPSA) is 177 Å². The van der Waals surface area contributed by atoms with Crippen LogP contribution in [0.1, 0.15) is 27.0 Å². The van der Waals surface area contributed by atoms with Crippen molar-refractivity contribution in [2.75, 3.05) is 0 Å². The zero-order valence-corrected chi connectivity index (χ0v) is 12.8. The van der Waals surface area contributed by atoms with Crippen LogP contribution in [0.25, 0.3) is 0 Å². The summed E-state index contributed by atoms with van der Waals surface area (Å²) in [5.41, 5.74) is 10.6. The molecule has 0 atom stereocenters. The Morgan fingerprint density at radius 2 is 1.12 bits per heavy atom. The van der Waals surface area contributed by atoms with Crippen molar-refractivity contribution >= 4 is 21.9 Å². The van der Waals surface area contributed by atoms with Crippen LogP contribution in [-0.4, -0.2) is 33.8 Å². The number of carbonyl (C=O) groups excluding carboxylic acids is 1. The number of benzene rings is 2. The Kier molecular flexibility index (Phi) is 6.17. The predicted molar refractivity (Wildman–Crippen MR) is 80.1 cm³/mol. The summed E-state index contributed by atoms with van der Waals surface area (Å²) in [6.07, 6.45) is 0. The molecular weight excluding hydrogens is 336 g/mol. The average molecular weight is 347 g/mol. The first-order valence-electron chi connectivity index (χ1n) is 6.20. The molecule has 0 spiro atoms. The molecule has 3 rings (SSSR count). The lowest BCUT2D eigenvalue weighted by Gasteiger charge is -2.12. The van der Waals surface area contributed by atoms with Gasteiger partial charge in [-0.25, -0.2) is 0 Å². The van der Waals surface area contributed by atoms with E-state index in [4.69, 9.17) is 33.8 Å². The molecule has 0 saturated heterocycles. The number of hydrogen-bond acceptors (Lipinski definition) is 6. The van der Waals surface area contributed by atoms with Crippen LogP contribution in [0.15, 0.2) is 48.5 Å². The van der Waals surface area contributed by atoms with Crippen molar-refractivity contribution in [1.29, 1.82) is 16.3 Å². The zero-order chi connectivity index (χ0) is 18.3. The normalized spacial score (nSPS) is 11.5. The van der Waals surface area contributed by atoms with E-state index in [0.29, 0.717) is 16.8 Å². The monoisotopic (exact) mass is 347 g/mol. The van der Waals surface area contributed by atoms with Crippen molar-refractivity contribution in [3.63, 3.8) is 0 Å². The Morgan fingerprint density at radius 3 is 1.42 bits per heavy atom. The first-order chi connectivity index (χ1) is 11.3. The van der Waals surface area contributed by atoms with E-state index in [0.717, 1.165) is 11.1 Å². The van der Waals surface area contributed by atoms with Crippen molar-refractivity contribution in [3.8, 4) is 0 Å². The molecule has 0 aromatic heterocycles. The van der Waals surface area contributed by atoms with Gasteiger partial charge in [0.2, 0.25) is 0 Å². The Labute approximate surface area is 136 Å². The molecule has 0 amide bonds. The van der Waals surface area contributed by atoms with Gasteiger partial charge < -0.3 is 0 Å². The van der Waals surface area contributed by atoms with Crippen molar-refractivity contribution in [2.24, 2.45) is 0 Å². The molecule has 0 saturated carbocycles. The first kappa shape index (κ1) is 18.8. The largest absolute Gasteiger partial charge is 0.394 e. The number of carbonyl (C=O) groups is 1. The second kappa shape index (κ2) is 7.87. The molecule has 0 heterocycles. The van der Waals surface area contributed by atoms with Crippen LogP contribution >= 0.6 is 0 Å². The van der Waals surface area contributed by atoms with E-state index in [2.05, 4.69) is 4.79 Å². The predicted octanol–water partition coefficient (Wildman–Crippen LogP) is 1.68. The third kappa shape index (κ3) is 4.39. The van der Waals surface area contributed by atoms with Crippen LogP contribution in [0.4, 0.5) is 0 Å². The van der Waals surface area contributed by atoms with Gasteiger partial charge in [-0.15, -0.1) is 0 Å². The molecule has 0 radical (unpaired) electrons. The third-order valence-corrected chi connectivity index (χ3v) is 2.97. The lowest BCUT2D eigenvalue weighted by molar-refractivity contribution is -0.117. The van der Waals surface area contributed by atoms with Gasteiger partial charge in [-0.2, -0.15) is 8.42 Å². The van der Waals surface area contributed by atoms with Gasteiger partial charge in [0, 0.05) is 21.9 Å². The molecule has 0 aliphatic heterocycles. The molecule has 1 aliphatic rings. The molecule has 2 aromatic rings. The highest BCUT2D eigenvalue weighted by atomic mass is 32.3. The Morgan fingerprint density at radius 1 is 0.833 bits per heavy atom. The van der Waals surface area contributed by atoms with E-state index in [9.17, 15) is 4.79 Å². The van der Waals surface area contributed by atoms with Crippen LogP contribution in [-0.2, 0) is 10.4 Å². The number of nitrogens with one attached hydrogen (secondary N) is 1. The molecule has 0 unspecified atom stereocenters. The van der Waals surface area contributed by atoms with Gasteiger partial charge in [0.1, 0.15) is 0 Å².